The lowest BCUT2D eigenvalue weighted by atomic mass is 9.83. The Morgan fingerprint density at radius 1 is 1.29 bits per heavy atom. The van der Waals surface area contributed by atoms with Gasteiger partial charge in [-0.15, -0.1) is 0 Å². The Hall–Kier alpha value is -2.81. The van der Waals surface area contributed by atoms with E-state index in [9.17, 15) is 14.5 Å². The van der Waals surface area contributed by atoms with Crippen molar-refractivity contribution in [1.29, 1.82) is 0 Å². The molecule has 0 unspecified atom stereocenters. The summed E-state index contributed by atoms with van der Waals surface area (Å²) in [7, 11) is 0. The Labute approximate surface area is 162 Å². The first-order valence-electron chi connectivity index (χ1n) is 9.38. The second kappa shape index (κ2) is 8.47. The van der Waals surface area contributed by atoms with Crippen LogP contribution in [-0.2, 0) is 13.0 Å². The highest BCUT2D eigenvalue weighted by atomic mass is 19.1. The number of aromatic nitrogens is 2. The maximum atomic E-state index is 13.5. The molecule has 0 bridgehead atoms. The quantitative estimate of drug-likeness (QED) is 0.511. The number of nitrogen functional groups attached to an aromatic ring is 1. The molecule has 0 saturated heterocycles. The Morgan fingerprint density at radius 3 is 2.68 bits per heavy atom. The van der Waals surface area contributed by atoms with Crippen molar-refractivity contribution in [1.82, 2.24) is 9.97 Å². The van der Waals surface area contributed by atoms with Crippen molar-refractivity contribution in [3.05, 3.63) is 51.0 Å². The van der Waals surface area contributed by atoms with Gasteiger partial charge in [-0.3, -0.25) is 10.1 Å². The fourth-order valence-corrected chi connectivity index (χ4v) is 3.61. The molecule has 1 aromatic carbocycles. The first-order valence-corrected chi connectivity index (χ1v) is 9.38. The first-order chi connectivity index (χ1) is 13.3. The lowest BCUT2D eigenvalue weighted by Gasteiger charge is -2.25. The lowest BCUT2D eigenvalue weighted by Crippen LogP contribution is -2.27. The maximum Gasteiger partial charge on any atom is 0.332 e. The number of rotatable bonds is 6. The van der Waals surface area contributed by atoms with E-state index in [2.05, 4.69) is 15.3 Å². The summed E-state index contributed by atoms with van der Waals surface area (Å²) in [6.07, 6.45) is 4.09. The summed E-state index contributed by atoms with van der Waals surface area (Å²) in [4.78, 5) is 19.3. The van der Waals surface area contributed by atoms with Crippen LogP contribution in [0.5, 0.6) is 0 Å². The molecule has 0 aliphatic heterocycles. The molecular formula is C19H25FN6O2. The smallest absolute Gasteiger partial charge is 0.332 e. The van der Waals surface area contributed by atoms with E-state index in [-0.39, 0.29) is 35.2 Å². The van der Waals surface area contributed by atoms with Gasteiger partial charge in [0.05, 0.1) is 4.92 Å². The van der Waals surface area contributed by atoms with E-state index in [1.165, 1.54) is 12.1 Å². The third-order valence-corrected chi connectivity index (χ3v) is 5.29. The predicted molar refractivity (Wildman–Crippen MR) is 105 cm³/mol. The molecule has 0 amide bonds. The van der Waals surface area contributed by atoms with Gasteiger partial charge in [0.2, 0.25) is 11.8 Å². The molecule has 1 aromatic heterocycles. The van der Waals surface area contributed by atoms with Crippen molar-refractivity contribution < 1.29 is 9.31 Å². The van der Waals surface area contributed by atoms with E-state index >= 15 is 0 Å². The summed E-state index contributed by atoms with van der Waals surface area (Å²) in [5, 5.41) is 14.5. The molecule has 3 rings (SSSR count). The van der Waals surface area contributed by atoms with Crippen molar-refractivity contribution >= 4 is 17.5 Å². The van der Waals surface area contributed by atoms with Gasteiger partial charge in [-0.25, -0.2) is 9.37 Å². The highest BCUT2D eigenvalue weighted by Gasteiger charge is 2.27. The minimum Gasteiger partial charge on any atom is -0.378 e. The molecule has 2 aromatic rings. The first kappa shape index (κ1) is 19.9. The van der Waals surface area contributed by atoms with E-state index in [1.54, 1.807) is 6.07 Å². The second-order valence-corrected chi connectivity index (χ2v) is 7.39. The van der Waals surface area contributed by atoms with Gasteiger partial charge in [0.1, 0.15) is 11.5 Å². The average Bonchev–Trinajstić information content (AvgIpc) is 2.63. The monoisotopic (exact) mass is 388 g/mol. The van der Waals surface area contributed by atoms with Gasteiger partial charge in [-0.1, -0.05) is 6.07 Å². The standard InChI is InChI=1S/C19H25FN6O2/c1-11-2-5-14(20)9-13(11)10-23-19-24-16(17(26(27)28)18(22)25-19)8-12-3-6-15(21)7-4-12/h2,5,9,12,15H,3-4,6-8,10,21H2,1H3,(H3,22,23,24,25). The minimum atomic E-state index is -0.528. The molecule has 9 heteroatoms. The fraction of sp³-hybridized carbons (Fsp3) is 0.474. The topological polar surface area (TPSA) is 133 Å². The van der Waals surface area contributed by atoms with Crippen LogP contribution in [0.4, 0.5) is 21.8 Å². The zero-order valence-electron chi connectivity index (χ0n) is 15.8. The van der Waals surface area contributed by atoms with Crippen LogP contribution in [0.3, 0.4) is 0 Å². The maximum absolute atomic E-state index is 13.5. The molecule has 0 radical (unpaired) electrons. The SMILES string of the molecule is Cc1ccc(F)cc1CNc1nc(N)c([N+](=O)[O-])c(CC2CCC(N)CC2)n1. The number of halogens is 1. The van der Waals surface area contributed by atoms with Crippen LogP contribution in [0, 0.1) is 28.8 Å². The molecule has 1 aliphatic carbocycles. The number of hydrogen-bond donors (Lipinski definition) is 3. The van der Waals surface area contributed by atoms with Crippen molar-refractivity contribution in [2.24, 2.45) is 11.7 Å². The van der Waals surface area contributed by atoms with Gasteiger partial charge in [0, 0.05) is 12.6 Å². The average molecular weight is 388 g/mol. The normalized spacial score (nSPS) is 19.4. The van der Waals surface area contributed by atoms with Crippen LogP contribution in [-0.4, -0.2) is 20.9 Å². The Morgan fingerprint density at radius 2 is 2.00 bits per heavy atom. The van der Waals surface area contributed by atoms with Gasteiger partial charge in [-0.2, -0.15) is 4.98 Å². The molecule has 1 aliphatic rings. The molecule has 1 fully saturated rings. The zero-order valence-corrected chi connectivity index (χ0v) is 15.8. The predicted octanol–water partition coefficient (Wildman–Crippen LogP) is 3.09. The largest absolute Gasteiger partial charge is 0.378 e. The van der Waals surface area contributed by atoms with E-state index in [0.29, 0.717) is 18.7 Å². The summed E-state index contributed by atoms with van der Waals surface area (Å²) >= 11 is 0. The van der Waals surface area contributed by atoms with Crippen LogP contribution < -0.4 is 16.8 Å². The highest BCUT2D eigenvalue weighted by Crippen LogP contribution is 2.32. The van der Waals surface area contributed by atoms with Gasteiger partial charge < -0.3 is 16.8 Å². The fourth-order valence-electron chi connectivity index (χ4n) is 3.61. The van der Waals surface area contributed by atoms with Crippen LogP contribution >= 0.6 is 0 Å². The van der Waals surface area contributed by atoms with E-state index < -0.39 is 4.92 Å². The number of nitrogens with one attached hydrogen (secondary N) is 1. The van der Waals surface area contributed by atoms with Gasteiger partial charge in [0.15, 0.2) is 0 Å². The molecule has 28 heavy (non-hydrogen) atoms. The summed E-state index contributed by atoms with van der Waals surface area (Å²) < 4.78 is 13.5. The number of hydrogen-bond acceptors (Lipinski definition) is 7. The van der Waals surface area contributed by atoms with Gasteiger partial charge in [0.25, 0.3) is 0 Å². The molecule has 5 N–H and O–H groups in total. The third-order valence-electron chi connectivity index (χ3n) is 5.29. The third kappa shape index (κ3) is 4.72. The summed E-state index contributed by atoms with van der Waals surface area (Å²) in [6, 6.07) is 4.72. The summed E-state index contributed by atoms with van der Waals surface area (Å²) in [5.41, 5.74) is 13.6. The summed E-state index contributed by atoms with van der Waals surface area (Å²) in [6.45, 7) is 2.17. The Balaban J connectivity index is 1.81. The Kier molecular flexibility index (Phi) is 6.03. The van der Waals surface area contributed by atoms with E-state index in [4.69, 9.17) is 11.5 Å². The molecule has 0 atom stereocenters. The minimum absolute atomic E-state index is 0.166. The van der Waals surface area contributed by atoms with Crippen LogP contribution in [0.2, 0.25) is 0 Å². The molecular weight excluding hydrogens is 363 g/mol. The molecule has 150 valence electrons. The molecule has 0 spiro atoms. The molecule has 1 saturated carbocycles. The van der Waals surface area contributed by atoms with E-state index in [1.807, 2.05) is 6.92 Å². The molecule has 1 heterocycles. The number of nitrogens with two attached hydrogens (primary N) is 2. The highest BCUT2D eigenvalue weighted by molar-refractivity contribution is 5.58. The van der Waals surface area contributed by atoms with Crippen molar-refractivity contribution in [3.63, 3.8) is 0 Å². The number of aryl methyl sites for hydroxylation is 1. The van der Waals surface area contributed by atoms with Gasteiger partial charge >= 0.3 is 5.69 Å². The van der Waals surface area contributed by atoms with Crippen LogP contribution in [0.15, 0.2) is 18.2 Å². The summed E-state index contributed by atoms with van der Waals surface area (Å²) in [5.74, 6) is -0.0101. The van der Waals surface area contributed by atoms with Crippen molar-refractivity contribution in [3.8, 4) is 0 Å². The molecule has 8 nitrogen and oxygen atoms in total. The second-order valence-electron chi connectivity index (χ2n) is 7.39. The van der Waals surface area contributed by atoms with E-state index in [0.717, 1.165) is 36.8 Å². The number of nitro groups is 1. The number of anilines is 2. The number of benzene rings is 1. The van der Waals surface area contributed by atoms with Crippen LogP contribution in [0.25, 0.3) is 0 Å². The number of nitrogens with zero attached hydrogens (tertiary/aromatic N) is 3. The zero-order chi connectivity index (χ0) is 20.3. The van der Waals surface area contributed by atoms with Gasteiger partial charge in [-0.05, 0) is 68.2 Å². The Bertz CT molecular complexity index is 868. The van der Waals surface area contributed by atoms with Crippen molar-refractivity contribution in [2.75, 3.05) is 11.1 Å². The van der Waals surface area contributed by atoms with Crippen molar-refractivity contribution in [2.45, 2.75) is 51.6 Å². The lowest BCUT2D eigenvalue weighted by molar-refractivity contribution is -0.385. The van der Waals surface area contributed by atoms with Crippen LogP contribution in [0.1, 0.15) is 42.5 Å².